The Kier molecular flexibility index (Phi) is 5.61. The topological polar surface area (TPSA) is 42.6 Å². The number of allylic oxidation sites excluding steroid dienone is 3. The highest BCUT2D eigenvalue weighted by molar-refractivity contribution is 6.09. The van der Waals surface area contributed by atoms with Gasteiger partial charge in [0.2, 0.25) is 0 Å². The third-order valence-electron chi connectivity index (χ3n) is 6.53. The predicted molar refractivity (Wildman–Crippen MR) is 153 cm³/mol. The Morgan fingerprint density at radius 1 is 0.730 bits per heavy atom. The summed E-state index contributed by atoms with van der Waals surface area (Å²) < 4.78 is 8.59. The first-order valence-corrected chi connectivity index (χ1v) is 12.4. The van der Waals surface area contributed by atoms with Crippen molar-refractivity contribution in [2.45, 2.75) is 26.2 Å². The first-order chi connectivity index (χ1) is 18.0. The molecular weight excluding hydrogens is 456 g/mol. The standard InChI is InChI=1S/C32H28N4O/c1-32(2,3)23-16-18-33-31(20-23)36-29-13-6-5-12-27(29)28-15-14-26(22-30(28)36)37-25-11-9-10-24(21-25)35-19-8-4-7-17-34-35/h4-22H,1-3H3. The summed E-state index contributed by atoms with van der Waals surface area (Å²) in [5, 5.41) is 8.62. The number of rotatable bonds is 4. The van der Waals surface area contributed by atoms with Gasteiger partial charge in [0.1, 0.15) is 17.3 Å². The molecule has 0 radical (unpaired) electrons. The molecule has 3 heterocycles. The van der Waals surface area contributed by atoms with Crippen LogP contribution >= 0.6 is 0 Å². The molecule has 0 saturated heterocycles. The van der Waals surface area contributed by atoms with Crippen LogP contribution in [0.25, 0.3) is 27.6 Å². The molecule has 3 aromatic carbocycles. The van der Waals surface area contributed by atoms with Crippen molar-refractivity contribution >= 4 is 33.7 Å². The second-order valence-electron chi connectivity index (χ2n) is 10.1. The van der Waals surface area contributed by atoms with Gasteiger partial charge in [0.15, 0.2) is 0 Å². The van der Waals surface area contributed by atoms with Gasteiger partial charge in [-0.3, -0.25) is 4.57 Å². The molecule has 37 heavy (non-hydrogen) atoms. The van der Waals surface area contributed by atoms with E-state index in [1.54, 1.807) is 6.21 Å². The minimum absolute atomic E-state index is 0.0262. The molecule has 0 N–H and O–H groups in total. The third kappa shape index (κ3) is 4.40. The number of fused-ring (bicyclic) bond motifs is 3. The lowest BCUT2D eigenvalue weighted by atomic mass is 9.88. The van der Waals surface area contributed by atoms with E-state index in [-0.39, 0.29) is 5.41 Å². The Morgan fingerprint density at radius 3 is 2.46 bits per heavy atom. The molecule has 5 heteroatoms. The van der Waals surface area contributed by atoms with Gasteiger partial charge in [0.25, 0.3) is 0 Å². The van der Waals surface area contributed by atoms with Crippen LogP contribution in [0.3, 0.4) is 0 Å². The average molecular weight is 485 g/mol. The Labute approximate surface area is 216 Å². The van der Waals surface area contributed by atoms with E-state index in [9.17, 15) is 0 Å². The van der Waals surface area contributed by atoms with Crippen molar-refractivity contribution in [2.75, 3.05) is 5.01 Å². The molecule has 1 aliphatic rings. The summed E-state index contributed by atoms with van der Waals surface area (Å²) in [5.41, 5.74) is 4.37. The van der Waals surface area contributed by atoms with Crippen LogP contribution in [0.15, 0.2) is 115 Å². The van der Waals surface area contributed by atoms with E-state index in [1.807, 2.05) is 66.0 Å². The summed E-state index contributed by atoms with van der Waals surface area (Å²) in [5.74, 6) is 2.41. The Morgan fingerprint density at radius 2 is 1.57 bits per heavy atom. The van der Waals surface area contributed by atoms with Gasteiger partial charge in [-0.05, 0) is 65.6 Å². The zero-order valence-electron chi connectivity index (χ0n) is 21.2. The lowest BCUT2D eigenvalue weighted by molar-refractivity contribution is 0.483. The van der Waals surface area contributed by atoms with Gasteiger partial charge in [0, 0.05) is 41.5 Å². The molecule has 0 aliphatic carbocycles. The van der Waals surface area contributed by atoms with Crippen LogP contribution in [0.2, 0.25) is 0 Å². The van der Waals surface area contributed by atoms with Gasteiger partial charge in [-0.25, -0.2) is 9.99 Å². The van der Waals surface area contributed by atoms with Crippen molar-refractivity contribution in [3.05, 3.63) is 115 Å². The molecule has 0 amide bonds. The fraction of sp³-hybridized carbons (Fsp3) is 0.125. The van der Waals surface area contributed by atoms with E-state index in [1.165, 1.54) is 10.9 Å². The number of hydrogen-bond acceptors (Lipinski definition) is 4. The van der Waals surface area contributed by atoms with Gasteiger partial charge in [0.05, 0.1) is 16.7 Å². The highest BCUT2D eigenvalue weighted by atomic mass is 16.5. The lowest BCUT2D eigenvalue weighted by Crippen LogP contribution is -2.12. The predicted octanol–water partition coefficient (Wildman–Crippen LogP) is 8.14. The van der Waals surface area contributed by atoms with Crippen molar-refractivity contribution in [3.8, 4) is 17.3 Å². The molecule has 5 aromatic rings. The Bertz CT molecular complexity index is 1690. The molecule has 0 fully saturated rings. The van der Waals surface area contributed by atoms with E-state index < -0.39 is 0 Å². The van der Waals surface area contributed by atoms with E-state index in [0.717, 1.165) is 39.4 Å². The zero-order chi connectivity index (χ0) is 25.4. The number of para-hydroxylation sites is 1. The molecule has 5 nitrogen and oxygen atoms in total. The van der Waals surface area contributed by atoms with Gasteiger partial charge < -0.3 is 4.74 Å². The first kappa shape index (κ1) is 22.8. The van der Waals surface area contributed by atoms with Crippen LogP contribution in [0.1, 0.15) is 26.3 Å². The van der Waals surface area contributed by atoms with Crippen molar-refractivity contribution in [2.24, 2.45) is 5.10 Å². The minimum Gasteiger partial charge on any atom is -0.457 e. The molecular formula is C32H28N4O. The van der Waals surface area contributed by atoms with Crippen LogP contribution in [-0.4, -0.2) is 15.8 Å². The quantitative estimate of drug-likeness (QED) is 0.258. The Hall–Kier alpha value is -4.64. The van der Waals surface area contributed by atoms with Crippen molar-refractivity contribution < 1.29 is 4.74 Å². The number of pyridine rings is 1. The smallest absolute Gasteiger partial charge is 0.137 e. The highest BCUT2D eigenvalue weighted by Gasteiger charge is 2.18. The monoisotopic (exact) mass is 484 g/mol. The fourth-order valence-electron chi connectivity index (χ4n) is 4.64. The molecule has 2 aromatic heterocycles. The maximum Gasteiger partial charge on any atom is 0.137 e. The van der Waals surface area contributed by atoms with Crippen LogP contribution in [-0.2, 0) is 5.41 Å². The second kappa shape index (κ2) is 9.10. The summed E-state index contributed by atoms with van der Waals surface area (Å²) in [6.07, 6.45) is 11.4. The van der Waals surface area contributed by atoms with Crippen molar-refractivity contribution in [3.63, 3.8) is 0 Å². The van der Waals surface area contributed by atoms with Gasteiger partial charge in [-0.15, -0.1) is 0 Å². The number of hydrazone groups is 1. The van der Waals surface area contributed by atoms with E-state index >= 15 is 0 Å². The highest BCUT2D eigenvalue weighted by Crippen LogP contribution is 2.36. The van der Waals surface area contributed by atoms with Gasteiger partial charge in [-0.1, -0.05) is 51.1 Å². The molecule has 0 bridgehead atoms. The molecule has 182 valence electrons. The SMILES string of the molecule is CC(C)(C)c1ccnc(-n2c3ccccc3c3ccc(Oc4cccc(N5C=CC=CC=N5)c4)cc32)c1. The number of nitrogens with zero attached hydrogens (tertiary/aromatic N) is 4. The van der Waals surface area contributed by atoms with Crippen LogP contribution in [0.5, 0.6) is 11.5 Å². The van der Waals surface area contributed by atoms with E-state index in [2.05, 4.69) is 79.0 Å². The maximum absolute atomic E-state index is 6.36. The Balaban J connectivity index is 1.44. The van der Waals surface area contributed by atoms with Crippen LogP contribution in [0, 0.1) is 0 Å². The molecule has 0 unspecified atom stereocenters. The average Bonchev–Trinajstić information content (AvgIpc) is 3.03. The number of benzene rings is 3. The molecule has 6 rings (SSSR count). The summed E-state index contributed by atoms with van der Waals surface area (Å²) >= 11 is 0. The van der Waals surface area contributed by atoms with E-state index in [4.69, 9.17) is 9.72 Å². The van der Waals surface area contributed by atoms with Crippen molar-refractivity contribution in [1.82, 2.24) is 9.55 Å². The second-order valence-corrected chi connectivity index (χ2v) is 10.1. The summed E-state index contributed by atoms with van der Waals surface area (Å²) in [6.45, 7) is 6.67. The lowest BCUT2D eigenvalue weighted by Gasteiger charge is -2.20. The number of aromatic nitrogens is 2. The van der Waals surface area contributed by atoms with Gasteiger partial charge >= 0.3 is 0 Å². The molecule has 0 saturated carbocycles. The fourth-order valence-corrected chi connectivity index (χ4v) is 4.64. The normalized spacial score (nSPS) is 13.4. The zero-order valence-corrected chi connectivity index (χ0v) is 21.2. The summed E-state index contributed by atoms with van der Waals surface area (Å²) in [7, 11) is 0. The molecule has 1 aliphatic heterocycles. The largest absolute Gasteiger partial charge is 0.457 e. The number of hydrogen-bond donors (Lipinski definition) is 0. The molecule has 0 atom stereocenters. The van der Waals surface area contributed by atoms with Crippen LogP contribution < -0.4 is 9.75 Å². The summed E-state index contributed by atoms with van der Waals surface area (Å²) in [6, 6.07) is 26.9. The minimum atomic E-state index is 0.0262. The summed E-state index contributed by atoms with van der Waals surface area (Å²) in [4.78, 5) is 4.77. The number of ether oxygens (including phenoxy) is 1. The van der Waals surface area contributed by atoms with E-state index in [0.29, 0.717) is 0 Å². The number of anilines is 1. The van der Waals surface area contributed by atoms with Crippen molar-refractivity contribution in [1.29, 1.82) is 0 Å². The van der Waals surface area contributed by atoms with Crippen LogP contribution in [0.4, 0.5) is 5.69 Å². The first-order valence-electron chi connectivity index (χ1n) is 12.4. The molecule has 0 spiro atoms. The third-order valence-corrected chi connectivity index (χ3v) is 6.53. The van der Waals surface area contributed by atoms with Gasteiger partial charge in [-0.2, -0.15) is 5.10 Å². The maximum atomic E-state index is 6.36.